The number of carbonyl (C=O) groups excluding carboxylic acids is 1. The highest BCUT2D eigenvalue weighted by atomic mass is 19.1. The van der Waals surface area contributed by atoms with Crippen LogP contribution in [0.3, 0.4) is 0 Å². The van der Waals surface area contributed by atoms with Crippen molar-refractivity contribution in [2.45, 2.75) is 31.8 Å². The lowest BCUT2D eigenvalue weighted by Crippen LogP contribution is -2.34. The highest BCUT2D eigenvalue weighted by Gasteiger charge is 2.31. The Labute approximate surface area is 186 Å². The summed E-state index contributed by atoms with van der Waals surface area (Å²) in [5.41, 5.74) is 6.20. The molecule has 1 saturated carbocycles. The molecular weight excluding hydrogens is 440 g/mol. The number of carbonyl (C=O) groups is 1. The van der Waals surface area contributed by atoms with Gasteiger partial charge in [0.15, 0.2) is 6.61 Å². The Kier molecular flexibility index (Phi) is 6.16. The first-order valence-corrected chi connectivity index (χ1v) is 10.0. The van der Waals surface area contributed by atoms with Crippen LogP contribution < -0.4 is 10.5 Å². The average Bonchev–Trinajstić information content (AvgIpc) is 3.52. The smallest absolute Gasteiger partial charge is 0.312 e. The molecular formula is C21H19F2N5O5. The summed E-state index contributed by atoms with van der Waals surface area (Å²) in [5, 5.41) is 18.2. The minimum Gasteiger partial charge on any atom is -0.483 e. The van der Waals surface area contributed by atoms with Crippen LogP contribution in [0.15, 0.2) is 40.8 Å². The van der Waals surface area contributed by atoms with Crippen molar-refractivity contribution >= 4 is 17.6 Å². The van der Waals surface area contributed by atoms with Crippen LogP contribution >= 0.6 is 0 Å². The summed E-state index contributed by atoms with van der Waals surface area (Å²) in [7, 11) is 0. The molecule has 0 bridgehead atoms. The van der Waals surface area contributed by atoms with E-state index in [2.05, 4.69) is 10.2 Å². The number of ether oxygens (including phenoxy) is 1. The van der Waals surface area contributed by atoms with Gasteiger partial charge in [-0.25, -0.2) is 8.78 Å². The van der Waals surface area contributed by atoms with Crippen molar-refractivity contribution in [3.05, 3.63) is 75.2 Å². The summed E-state index contributed by atoms with van der Waals surface area (Å²) < 4.78 is 38.6. The molecule has 1 fully saturated rings. The molecule has 0 atom stereocenters. The maximum atomic E-state index is 14.2. The van der Waals surface area contributed by atoms with Crippen molar-refractivity contribution in [3.8, 4) is 5.75 Å². The number of nitrogen functional groups attached to an aromatic ring is 1. The molecule has 12 heteroatoms. The van der Waals surface area contributed by atoms with Gasteiger partial charge in [0, 0.05) is 36.4 Å². The number of amides is 1. The van der Waals surface area contributed by atoms with E-state index in [4.69, 9.17) is 14.9 Å². The maximum Gasteiger partial charge on any atom is 0.312 e. The van der Waals surface area contributed by atoms with Gasteiger partial charge in [-0.2, -0.15) is 0 Å². The molecule has 1 amide bonds. The van der Waals surface area contributed by atoms with Crippen molar-refractivity contribution in [1.29, 1.82) is 0 Å². The van der Waals surface area contributed by atoms with Gasteiger partial charge in [0.2, 0.25) is 5.89 Å². The van der Waals surface area contributed by atoms with Crippen molar-refractivity contribution in [2.75, 3.05) is 12.3 Å². The van der Waals surface area contributed by atoms with E-state index in [1.165, 1.54) is 29.2 Å². The standard InChI is InChI=1S/C21H19F2N5O5/c22-14-7-16(23)20(13-3-4-13)17(8-14)32-11-19(29)27(10-18-25-26-21(24)33-18)9-12-1-5-15(6-2-12)28(30)31/h1-2,5-8,13H,3-4,9-11H2,(H2,24,26). The first kappa shape index (κ1) is 22.1. The van der Waals surface area contributed by atoms with E-state index in [0.29, 0.717) is 5.56 Å². The predicted octanol–water partition coefficient (Wildman–Crippen LogP) is 3.32. The van der Waals surface area contributed by atoms with Gasteiger partial charge < -0.3 is 19.8 Å². The Balaban J connectivity index is 1.51. The summed E-state index contributed by atoms with van der Waals surface area (Å²) in [4.78, 5) is 24.6. The van der Waals surface area contributed by atoms with Gasteiger partial charge in [-0.15, -0.1) is 5.10 Å². The molecule has 1 aliphatic carbocycles. The molecule has 3 aromatic rings. The molecule has 1 aromatic heterocycles. The van der Waals surface area contributed by atoms with Gasteiger partial charge in [0.1, 0.15) is 17.4 Å². The molecule has 0 radical (unpaired) electrons. The van der Waals surface area contributed by atoms with Crippen LogP contribution in [0.4, 0.5) is 20.5 Å². The van der Waals surface area contributed by atoms with Crippen molar-refractivity contribution in [2.24, 2.45) is 0 Å². The lowest BCUT2D eigenvalue weighted by molar-refractivity contribution is -0.384. The number of nitro benzene ring substituents is 1. The Morgan fingerprint density at radius 2 is 1.94 bits per heavy atom. The fourth-order valence-electron chi connectivity index (χ4n) is 3.35. The Morgan fingerprint density at radius 3 is 2.55 bits per heavy atom. The van der Waals surface area contributed by atoms with Crippen LogP contribution in [-0.2, 0) is 17.9 Å². The van der Waals surface area contributed by atoms with Gasteiger partial charge in [0.25, 0.3) is 11.6 Å². The van der Waals surface area contributed by atoms with Gasteiger partial charge in [0.05, 0.1) is 11.5 Å². The third-order valence-electron chi connectivity index (χ3n) is 5.07. The van der Waals surface area contributed by atoms with E-state index < -0.39 is 29.1 Å². The number of nitrogens with two attached hydrogens (primary N) is 1. The fraction of sp³-hybridized carbons (Fsp3) is 0.286. The summed E-state index contributed by atoms with van der Waals surface area (Å²) in [6.07, 6.45) is 1.52. The van der Waals surface area contributed by atoms with E-state index in [9.17, 15) is 23.7 Å². The second-order valence-corrected chi connectivity index (χ2v) is 7.57. The molecule has 0 aliphatic heterocycles. The number of nitrogens with zero attached hydrogens (tertiary/aromatic N) is 4. The molecule has 172 valence electrons. The van der Waals surface area contributed by atoms with Crippen molar-refractivity contribution in [3.63, 3.8) is 0 Å². The predicted molar refractivity (Wildman–Crippen MR) is 110 cm³/mol. The van der Waals surface area contributed by atoms with Crippen LogP contribution in [0.5, 0.6) is 5.75 Å². The molecule has 33 heavy (non-hydrogen) atoms. The topological polar surface area (TPSA) is 138 Å². The van der Waals surface area contributed by atoms with Crippen molar-refractivity contribution < 1.29 is 27.7 Å². The number of aromatic nitrogens is 2. The number of halogens is 2. The quantitative estimate of drug-likeness (QED) is 0.380. The van der Waals surface area contributed by atoms with Gasteiger partial charge >= 0.3 is 6.01 Å². The molecule has 1 heterocycles. The van der Waals surface area contributed by atoms with Crippen LogP contribution in [-0.4, -0.2) is 32.5 Å². The number of hydrogen-bond acceptors (Lipinski definition) is 8. The third kappa shape index (κ3) is 5.40. The minimum atomic E-state index is -0.802. The molecule has 0 unspecified atom stereocenters. The first-order valence-electron chi connectivity index (χ1n) is 10.0. The van der Waals surface area contributed by atoms with Crippen LogP contribution in [0.2, 0.25) is 0 Å². The monoisotopic (exact) mass is 459 g/mol. The second-order valence-electron chi connectivity index (χ2n) is 7.57. The Bertz CT molecular complexity index is 1180. The normalized spacial score (nSPS) is 13.0. The zero-order chi connectivity index (χ0) is 23.5. The van der Waals surface area contributed by atoms with E-state index in [0.717, 1.165) is 25.0 Å². The lowest BCUT2D eigenvalue weighted by atomic mass is 10.1. The molecule has 10 nitrogen and oxygen atoms in total. The van der Waals surface area contributed by atoms with Gasteiger partial charge in [-0.1, -0.05) is 17.2 Å². The molecule has 0 spiro atoms. The zero-order valence-corrected chi connectivity index (χ0v) is 17.2. The van der Waals surface area contributed by atoms with Crippen LogP contribution in [0, 0.1) is 21.7 Å². The van der Waals surface area contributed by atoms with Crippen molar-refractivity contribution in [1.82, 2.24) is 15.1 Å². The van der Waals surface area contributed by atoms with Crippen LogP contribution in [0.25, 0.3) is 0 Å². The summed E-state index contributed by atoms with van der Waals surface area (Å²) >= 11 is 0. The van der Waals surface area contributed by atoms with E-state index in [-0.39, 0.29) is 47.9 Å². The second kappa shape index (κ2) is 9.18. The highest BCUT2D eigenvalue weighted by Crippen LogP contribution is 2.45. The van der Waals surface area contributed by atoms with E-state index in [1.807, 2.05) is 0 Å². The number of hydrogen-bond donors (Lipinski definition) is 1. The molecule has 1 aliphatic rings. The minimum absolute atomic E-state index is 0.0133. The molecule has 4 rings (SSSR count). The molecule has 2 N–H and O–H groups in total. The third-order valence-corrected chi connectivity index (χ3v) is 5.07. The van der Waals surface area contributed by atoms with Gasteiger partial charge in [-0.3, -0.25) is 14.9 Å². The largest absolute Gasteiger partial charge is 0.483 e. The number of benzene rings is 2. The van der Waals surface area contributed by atoms with E-state index in [1.54, 1.807) is 0 Å². The van der Waals surface area contributed by atoms with Gasteiger partial charge in [-0.05, 0) is 24.3 Å². The van der Waals surface area contributed by atoms with Crippen LogP contribution in [0.1, 0.15) is 35.8 Å². The summed E-state index contributed by atoms with van der Waals surface area (Å²) in [5.74, 6) is -2.05. The number of anilines is 1. The van der Waals surface area contributed by atoms with E-state index >= 15 is 0 Å². The first-order chi connectivity index (χ1) is 15.8. The highest BCUT2D eigenvalue weighted by molar-refractivity contribution is 5.77. The average molecular weight is 459 g/mol. The molecule has 0 saturated heterocycles. The maximum absolute atomic E-state index is 14.2. The lowest BCUT2D eigenvalue weighted by Gasteiger charge is -2.22. The molecule has 2 aromatic carbocycles. The summed E-state index contributed by atoms with van der Waals surface area (Å²) in [6, 6.07) is 7.33. The Hall–Kier alpha value is -4.09. The zero-order valence-electron chi connectivity index (χ0n) is 17.2. The summed E-state index contributed by atoms with van der Waals surface area (Å²) in [6.45, 7) is -0.578. The fourth-order valence-corrected chi connectivity index (χ4v) is 3.35. The number of non-ortho nitro benzene ring substituents is 1. The number of nitro groups is 1. The SMILES string of the molecule is Nc1nnc(CN(Cc2ccc([N+](=O)[O-])cc2)C(=O)COc2cc(F)cc(F)c2C2CC2)o1. The Morgan fingerprint density at radius 1 is 1.21 bits per heavy atom. The number of rotatable bonds is 9.